The average molecular weight is 455 g/mol. The van der Waals surface area contributed by atoms with Gasteiger partial charge in [-0.15, -0.1) is 11.3 Å². The topological polar surface area (TPSA) is 149 Å². The number of anilines is 3. The molecule has 1 saturated carbocycles. The number of aliphatic hydroxyl groups excluding tert-OH is 3. The number of aromatic nitrogens is 4. The van der Waals surface area contributed by atoms with E-state index in [1.165, 1.54) is 23.8 Å². The summed E-state index contributed by atoms with van der Waals surface area (Å²) < 4.78 is 6.27. The monoisotopic (exact) mass is 454 g/mol. The third-order valence-corrected chi connectivity index (χ3v) is 6.66. The molecule has 0 saturated heterocycles. The molecule has 0 unspecified atom stereocenters. The maximum absolute atomic E-state index is 10.5. The van der Waals surface area contributed by atoms with Gasteiger partial charge in [0.25, 0.3) is 0 Å². The Labute approximate surface area is 187 Å². The van der Waals surface area contributed by atoms with E-state index in [2.05, 4.69) is 25.6 Å². The lowest BCUT2D eigenvalue weighted by Crippen LogP contribution is -2.35. The van der Waals surface area contributed by atoms with Crippen molar-refractivity contribution in [2.75, 3.05) is 17.2 Å². The van der Waals surface area contributed by atoms with E-state index in [-0.39, 0.29) is 18.6 Å². The second kappa shape index (κ2) is 8.43. The molecule has 1 aliphatic carbocycles. The van der Waals surface area contributed by atoms with Gasteiger partial charge < -0.3 is 25.1 Å². The van der Waals surface area contributed by atoms with Gasteiger partial charge in [-0.2, -0.15) is 4.98 Å². The number of oxazole rings is 1. The second-order valence-electron chi connectivity index (χ2n) is 7.72. The Bertz CT molecular complexity index is 1200. The SMILES string of the molecule is Cc1nc(Nc2ncco2)nc(N[C@@H]2C[C@H](CO)[C@@H](O)[C@H]2O)c1-c1nc2ccccc2s1. The van der Waals surface area contributed by atoms with E-state index >= 15 is 0 Å². The van der Waals surface area contributed by atoms with Gasteiger partial charge in [-0.3, -0.25) is 5.32 Å². The normalized spacial score (nSPS) is 23.0. The van der Waals surface area contributed by atoms with Crippen molar-refractivity contribution in [1.82, 2.24) is 19.9 Å². The van der Waals surface area contributed by atoms with Gasteiger partial charge in [-0.1, -0.05) is 12.1 Å². The van der Waals surface area contributed by atoms with Crippen LogP contribution in [0.25, 0.3) is 20.8 Å². The van der Waals surface area contributed by atoms with E-state index in [0.717, 1.165) is 15.2 Å². The van der Waals surface area contributed by atoms with Gasteiger partial charge in [0, 0.05) is 12.5 Å². The van der Waals surface area contributed by atoms with Gasteiger partial charge in [0.1, 0.15) is 23.2 Å². The molecule has 1 aliphatic rings. The van der Waals surface area contributed by atoms with Gasteiger partial charge in [0.05, 0.1) is 39.8 Å². The van der Waals surface area contributed by atoms with Crippen LogP contribution in [-0.2, 0) is 0 Å². The van der Waals surface area contributed by atoms with E-state index in [9.17, 15) is 15.3 Å². The summed E-state index contributed by atoms with van der Waals surface area (Å²) in [5.74, 6) is 0.311. The van der Waals surface area contributed by atoms with Crippen LogP contribution in [-0.4, -0.2) is 60.1 Å². The van der Waals surface area contributed by atoms with Crippen LogP contribution in [0, 0.1) is 12.8 Å². The predicted molar refractivity (Wildman–Crippen MR) is 120 cm³/mol. The number of aryl methyl sites for hydroxylation is 1. The third kappa shape index (κ3) is 3.79. The molecule has 0 radical (unpaired) electrons. The van der Waals surface area contributed by atoms with Crippen molar-refractivity contribution in [3.05, 3.63) is 42.4 Å². The summed E-state index contributed by atoms with van der Waals surface area (Å²) in [6.45, 7) is 1.65. The molecule has 0 amide bonds. The van der Waals surface area contributed by atoms with Crippen molar-refractivity contribution < 1.29 is 19.7 Å². The Kier molecular flexibility index (Phi) is 5.47. The molecule has 0 aliphatic heterocycles. The van der Waals surface area contributed by atoms with Crippen LogP contribution in [0.4, 0.5) is 17.8 Å². The molecule has 5 N–H and O–H groups in total. The van der Waals surface area contributed by atoms with Crippen LogP contribution >= 0.6 is 11.3 Å². The Morgan fingerprint density at radius 1 is 1.16 bits per heavy atom. The molecule has 4 atom stereocenters. The number of thiazole rings is 1. The summed E-state index contributed by atoms with van der Waals surface area (Å²) in [4.78, 5) is 17.9. The Morgan fingerprint density at radius 3 is 2.72 bits per heavy atom. The van der Waals surface area contributed by atoms with Crippen molar-refractivity contribution in [2.45, 2.75) is 31.6 Å². The minimum absolute atomic E-state index is 0.207. The van der Waals surface area contributed by atoms with Crippen LogP contribution in [0.3, 0.4) is 0 Å². The van der Waals surface area contributed by atoms with Gasteiger partial charge in [0.15, 0.2) is 0 Å². The van der Waals surface area contributed by atoms with E-state index in [4.69, 9.17) is 9.40 Å². The number of fused-ring (bicyclic) bond motifs is 1. The Hall–Kier alpha value is -3.12. The molecule has 10 nitrogen and oxygen atoms in total. The zero-order valence-electron chi connectivity index (χ0n) is 17.1. The highest BCUT2D eigenvalue weighted by Gasteiger charge is 2.41. The summed E-state index contributed by atoms with van der Waals surface area (Å²) in [6, 6.07) is 7.59. The van der Waals surface area contributed by atoms with E-state index < -0.39 is 24.2 Å². The molecule has 3 heterocycles. The summed E-state index contributed by atoms with van der Waals surface area (Å²) in [6.07, 6.45) is 1.28. The first-order valence-electron chi connectivity index (χ1n) is 10.2. The highest BCUT2D eigenvalue weighted by Crippen LogP contribution is 2.38. The molecule has 1 fully saturated rings. The van der Waals surface area contributed by atoms with Crippen molar-refractivity contribution in [2.24, 2.45) is 5.92 Å². The molecule has 0 spiro atoms. The molecule has 5 rings (SSSR count). The maximum Gasteiger partial charge on any atom is 0.301 e. The predicted octanol–water partition coefficient (Wildman–Crippen LogP) is 2.31. The number of hydrogen-bond acceptors (Lipinski definition) is 11. The van der Waals surface area contributed by atoms with E-state index in [1.54, 1.807) is 0 Å². The van der Waals surface area contributed by atoms with Crippen molar-refractivity contribution in [3.8, 4) is 10.6 Å². The first-order valence-corrected chi connectivity index (χ1v) is 11.0. The average Bonchev–Trinajstić information content (AvgIpc) is 3.49. The first kappa shape index (κ1) is 20.8. The van der Waals surface area contributed by atoms with Crippen LogP contribution in [0.1, 0.15) is 12.1 Å². The van der Waals surface area contributed by atoms with Gasteiger partial charge in [-0.25, -0.2) is 15.0 Å². The smallest absolute Gasteiger partial charge is 0.301 e. The lowest BCUT2D eigenvalue weighted by molar-refractivity contribution is 0.00446. The van der Waals surface area contributed by atoms with Crippen molar-refractivity contribution >= 4 is 39.3 Å². The van der Waals surface area contributed by atoms with Crippen LogP contribution in [0.2, 0.25) is 0 Å². The molecule has 1 aromatic carbocycles. The maximum atomic E-state index is 10.5. The first-order chi connectivity index (χ1) is 15.5. The summed E-state index contributed by atoms with van der Waals surface area (Å²) >= 11 is 1.52. The lowest BCUT2D eigenvalue weighted by Gasteiger charge is -2.21. The zero-order chi connectivity index (χ0) is 22.2. The molecule has 32 heavy (non-hydrogen) atoms. The number of para-hydroxylation sites is 1. The Morgan fingerprint density at radius 2 is 2.00 bits per heavy atom. The number of aliphatic hydroxyl groups is 3. The Balaban J connectivity index is 1.57. The van der Waals surface area contributed by atoms with Gasteiger partial charge in [-0.05, 0) is 25.5 Å². The fourth-order valence-corrected chi connectivity index (χ4v) is 5.04. The highest BCUT2D eigenvalue weighted by molar-refractivity contribution is 7.21. The number of hydrogen-bond donors (Lipinski definition) is 5. The lowest BCUT2D eigenvalue weighted by atomic mass is 10.1. The zero-order valence-corrected chi connectivity index (χ0v) is 18.0. The molecular weight excluding hydrogens is 432 g/mol. The largest absolute Gasteiger partial charge is 0.432 e. The molecule has 0 bridgehead atoms. The number of rotatable bonds is 6. The highest BCUT2D eigenvalue weighted by atomic mass is 32.1. The van der Waals surface area contributed by atoms with Crippen molar-refractivity contribution in [1.29, 1.82) is 0 Å². The van der Waals surface area contributed by atoms with Crippen molar-refractivity contribution in [3.63, 3.8) is 0 Å². The van der Waals surface area contributed by atoms with Gasteiger partial charge in [0.2, 0.25) is 5.95 Å². The molecule has 11 heteroatoms. The van der Waals surface area contributed by atoms with E-state index in [0.29, 0.717) is 23.5 Å². The number of nitrogens with zero attached hydrogens (tertiary/aromatic N) is 4. The molecule has 3 aromatic heterocycles. The summed E-state index contributed by atoms with van der Waals surface area (Å²) in [5, 5.41) is 37.2. The molecule has 4 aromatic rings. The molecule has 166 valence electrons. The van der Waals surface area contributed by atoms with Crippen LogP contribution < -0.4 is 10.6 Å². The molecular formula is C21H22N6O4S. The quantitative estimate of drug-likeness (QED) is 0.294. The summed E-state index contributed by atoms with van der Waals surface area (Å²) in [7, 11) is 0. The minimum Gasteiger partial charge on any atom is -0.432 e. The number of nitrogens with one attached hydrogen (secondary N) is 2. The number of benzene rings is 1. The van der Waals surface area contributed by atoms with E-state index in [1.807, 2.05) is 31.2 Å². The fourth-order valence-electron chi connectivity index (χ4n) is 3.97. The summed E-state index contributed by atoms with van der Waals surface area (Å²) in [5.41, 5.74) is 2.25. The minimum atomic E-state index is -1.05. The second-order valence-corrected chi connectivity index (χ2v) is 8.75. The van der Waals surface area contributed by atoms with Crippen LogP contribution in [0.5, 0.6) is 0 Å². The fraction of sp³-hybridized carbons (Fsp3) is 0.333. The third-order valence-electron chi connectivity index (χ3n) is 5.61. The van der Waals surface area contributed by atoms with Gasteiger partial charge >= 0.3 is 6.01 Å². The van der Waals surface area contributed by atoms with Crippen LogP contribution in [0.15, 0.2) is 41.1 Å². The standard InChI is InChI=1S/C21H22N6O4S/c1-10-15(19-25-12-4-2-3-5-14(12)32-19)18(24-13-8-11(9-28)16(29)17(13)30)26-20(23-10)27-21-22-6-7-31-21/h2-7,11,13,16-17,28-30H,8-9H2,1H3,(H2,22,23,24,26,27)/t11-,13-,16-,17+/m1/s1.